The van der Waals surface area contributed by atoms with E-state index in [1.54, 1.807) is 0 Å². The van der Waals surface area contributed by atoms with E-state index in [1.165, 1.54) is 5.56 Å². The van der Waals surface area contributed by atoms with Crippen LogP contribution in [0.3, 0.4) is 0 Å². The number of hydrogen-bond donors (Lipinski definition) is 2. The van der Waals surface area contributed by atoms with Crippen LogP contribution in [0.1, 0.15) is 12.5 Å². The van der Waals surface area contributed by atoms with Gasteiger partial charge in [0.15, 0.2) is 0 Å². The van der Waals surface area contributed by atoms with E-state index in [9.17, 15) is 0 Å². The summed E-state index contributed by atoms with van der Waals surface area (Å²) in [6.07, 6.45) is 0. The molecule has 1 rings (SSSR count). The molecule has 0 aliphatic carbocycles. The molecule has 17 heavy (non-hydrogen) atoms. The molecule has 0 spiro atoms. The molecule has 3 nitrogen and oxygen atoms in total. The van der Waals surface area contributed by atoms with Crippen molar-refractivity contribution in [2.24, 2.45) is 11.5 Å². The van der Waals surface area contributed by atoms with Crippen molar-refractivity contribution in [1.29, 1.82) is 0 Å². The Morgan fingerprint density at radius 3 is 2.24 bits per heavy atom. The fourth-order valence-corrected chi connectivity index (χ4v) is 1.67. The van der Waals surface area contributed by atoms with Gasteiger partial charge in [-0.3, -0.25) is 4.90 Å². The van der Waals surface area contributed by atoms with Gasteiger partial charge >= 0.3 is 0 Å². The highest BCUT2D eigenvalue weighted by molar-refractivity contribution is 5.85. The van der Waals surface area contributed by atoms with Gasteiger partial charge in [-0.25, -0.2) is 0 Å². The Balaban J connectivity index is 0. The Morgan fingerprint density at radius 2 is 1.76 bits per heavy atom. The third-order valence-corrected chi connectivity index (χ3v) is 2.24. The summed E-state index contributed by atoms with van der Waals surface area (Å²) < 4.78 is 0. The highest BCUT2D eigenvalue weighted by Gasteiger charge is 2.06. The molecule has 0 radical (unpaired) electrons. The molecule has 0 heterocycles. The average Bonchev–Trinajstić information content (AvgIpc) is 2.18. The molecule has 0 saturated carbocycles. The van der Waals surface area contributed by atoms with Crippen LogP contribution in [0.4, 0.5) is 0 Å². The Kier molecular flexibility index (Phi) is 12.1. The van der Waals surface area contributed by atoms with E-state index in [1.807, 2.05) is 13.0 Å². The fourth-order valence-electron chi connectivity index (χ4n) is 1.67. The third kappa shape index (κ3) is 8.41. The van der Waals surface area contributed by atoms with Crippen LogP contribution in [-0.2, 0) is 6.54 Å². The average molecular weight is 280 g/mol. The molecule has 100 valence electrons. The Morgan fingerprint density at radius 1 is 1.18 bits per heavy atom. The smallest absolute Gasteiger partial charge is 0.0234 e. The van der Waals surface area contributed by atoms with E-state index in [-0.39, 0.29) is 30.9 Å². The molecule has 1 aromatic carbocycles. The standard InChI is InChI=1S/C12H21N3.2ClH/c1-11(14)9-15(8-7-13)10-12-5-3-2-4-6-12;;/h2-6,11H,7-10,13-14H2,1H3;2*1H. The molecular weight excluding hydrogens is 257 g/mol. The second-order valence-electron chi connectivity index (χ2n) is 3.99. The fraction of sp³-hybridized carbons (Fsp3) is 0.500. The predicted molar refractivity (Wildman–Crippen MR) is 78.9 cm³/mol. The summed E-state index contributed by atoms with van der Waals surface area (Å²) in [4.78, 5) is 2.29. The summed E-state index contributed by atoms with van der Waals surface area (Å²) in [5, 5.41) is 0. The Hall–Kier alpha value is -0.320. The molecule has 0 aliphatic heterocycles. The molecule has 1 atom stereocenters. The lowest BCUT2D eigenvalue weighted by molar-refractivity contribution is 0.260. The first-order chi connectivity index (χ1) is 7.22. The number of hydrogen-bond acceptors (Lipinski definition) is 3. The number of nitrogens with two attached hydrogens (primary N) is 2. The molecule has 0 fully saturated rings. The number of nitrogens with zero attached hydrogens (tertiary/aromatic N) is 1. The van der Waals surface area contributed by atoms with Gasteiger partial charge in [0.05, 0.1) is 0 Å². The summed E-state index contributed by atoms with van der Waals surface area (Å²) in [7, 11) is 0. The van der Waals surface area contributed by atoms with Crippen LogP contribution in [0.2, 0.25) is 0 Å². The topological polar surface area (TPSA) is 55.3 Å². The highest BCUT2D eigenvalue weighted by Crippen LogP contribution is 2.04. The zero-order chi connectivity index (χ0) is 11.1. The van der Waals surface area contributed by atoms with Gasteiger partial charge in [0.1, 0.15) is 0 Å². The molecule has 0 aliphatic rings. The molecule has 1 unspecified atom stereocenters. The minimum Gasteiger partial charge on any atom is -0.329 e. The van der Waals surface area contributed by atoms with Gasteiger partial charge in [0.2, 0.25) is 0 Å². The lowest BCUT2D eigenvalue weighted by atomic mass is 10.2. The van der Waals surface area contributed by atoms with E-state index >= 15 is 0 Å². The maximum absolute atomic E-state index is 5.79. The van der Waals surface area contributed by atoms with Gasteiger partial charge in [-0.15, -0.1) is 24.8 Å². The highest BCUT2D eigenvalue weighted by atomic mass is 35.5. The number of benzene rings is 1. The first kappa shape index (κ1) is 19.0. The van der Waals surface area contributed by atoms with Gasteiger partial charge in [-0.1, -0.05) is 30.3 Å². The maximum atomic E-state index is 5.79. The van der Waals surface area contributed by atoms with Gasteiger partial charge in [-0.2, -0.15) is 0 Å². The van der Waals surface area contributed by atoms with Crippen molar-refractivity contribution in [2.45, 2.75) is 19.5 Å². The van der Waals surface area contributed by atoms with Crippen LogP contribution in [0.5, 0.6) is 0 Å². The molecule has 1 aromatic rings. The van der Waals surface area contributed by atoms with Gasteiger partial charge in [-0.05, 0) is 12.5 Å². The van der Waals surface area contributed by atoms with Crippen molar-refractivity contribution in [1.82, 2.24) is 4.90 Å². The first-order valence-electron chi connectivity index (χ1n) is 5.44. The lowest BCUT2D eigenvalue weighted by Crippen LogP contribution is -2.38. The Bertz CT molecular complexity index is 268. The van der Waals surface area contributed by atoms with Crippen molar-refractivity contribution >= 4 is 24.8 Å². The number of rotatable bonds is 6. The SMILES string of the molecule is CC(N)CN(CCN)Cc1ccccc1.Cl.Cl. The normalized spacial score (nSPS) is 11.5. The molecule has 0 aromatic heterocycles. The first-order valence-corrected chi connectivity index (χ1v) is 5.44. The maximum Gasteiger partial charge on any atom is 0.0234 e. The van der Waals surface area contributed by atoms with Crippen LogP contribution >= 0.6 is 24.8 Å². The molecule has 0 bridgehead atoms. The van der Waals surface area contributed by atoms with E-state index < -0.39 is 0 Å². The quantitative estimate of drug-likeness (QED) is 0.833. The molecule has 0 amide bonds. The van der Waals surface area contributed by atoms with Gasteiger partial charge in [0.25, 0.3) is 0 Å². The summed E-state index contributed by atoms with van der Waals surface area (Å²) in [5.74, 6) is 0. The van der Waals surface area contributed by atoms with Gasteiger partial charge < -0.3 is 11.5 Å². The second kappa shape index (κ2) is 10.8. The van der Waals surface area contributed by atoms with Crippen molar-refractivity contribution in [3.05, 3.63) is 35.9 Å². The molecule has 4 N–H and O–H groups in total. The van der Waals surface area contributed by atoms with Crippen LogP contribution < -0.4 is 11.5 Å². The zero-order valence-corrected chi connectivity index (χ0v) is 11.8. The summed E-state index contributed by atoms with van der Waals surface area (Å²) in [6.45, 7) is 5.43. The van der Waals surface area contributed by atoms with Gasteiger partial charge in [0, 0.05) is 32.2 Å². The summed E-state index contributed by atoms with van der Waals surface area (Å²) >= 11 is 0. The summed E-state index contributed by atoms with van der Waals surface area (Å²) in [5.41, 5.74) is 12.7. The second-order valence-corrected chi connectivity index (χ2v) is 3.99. The number of halogens is 2. The molecule has 0 saturated heterocycles. The van der Waals surface area contributed by atoms with Crippen LogP contribution in [0, 0.1) is 0 Å². The third-order valence-electron chi connectivity index (χ3n) is 2.24. The monoisotopic (exact) mass is 279 g/mol. The molecular formula is C12H23Cl2N3. The predicted octanol–water partition coefficient (Wildman–Crippen LogP) is 1.64. The lowest BCUT2D eigenvalue weighted by Gasteiger charge is -2.23. The van der Waals surface area contributed by atoms with Crippen molar-refractivity contribution in [3.8, 4) is 0 Å². The van der Waals surface area contributed by atoms with Crippen molar-refractivity contribution < 1.29 is 0 Å². The minimum absolute atomic E-state index is 0. The largest absolute Gasteiger partial charge is 0.329 e. The summed E-state index contributed by atoms with van der Waals surface area (Å²) in [6, 6.07) is 10.6. The van der Waals surface area contributed by atoms with Crippen LogP contribution in [0.15, 0.2) is 30.3 Å². The zero-order valence-electron chi connectivity index (χ0n) is 10.2. The Labute approximate surface area is 116 Å². The minimum atomic E-state index is 0. The van der Waals surface area contributed by atoms with E-state index in [4.69, 9.17) is 11.5 Å². The van der Waals surface area contributed by atoms with Crippen molar-refractivity contribution in [2.75, 3.05) is 19.6 Å². The van der Waals surface area contributed by atoms with E-state index in [0.29, 0.717) is 6.54 Å². The van der Waals surface area contributed by atoms with Crippen molar-refractivity contribution in [3.63, 3.8) is 0 Å². The van der Waals surface area contributed by atoms with E-state index in [0.717, 1.165) is 19.6 Å². The molecule has 5 heteroatoms. The van der Waals surface area contributed by atoms with E-state index in [2.05, 4.69) is 29.2 Å². The van der Waals surface area contributed by atoms with Crippen LogP contribution in [0.25, 0.3) is 0 Å². The van der Waals surface area contributed by atoms with Crippen LogP contribution in [-0.4, -0.2) is 30.6 Å².